The first-order valence-corrected chi connectivity index (χ1v) is 7.60. The number of nitro groups is 1. The van der Waals surface area contributed by atoms with Gasteiger partial charge in [-0.25, -0.2) is 9.18 Å². The van der Waals surface area contributed by atoms with E-state index in [1.165, 1.54) is 6.07 Å². The first kappa shape index (κ1) is 15.9. The number of halogens is 2. The molecule has 2 rings (SSSR count). The zero-order valence-electron chi connectivity index (χ0n) is 11.3. The highest BCUT2D eigenvalue weighted by Gasteiger charge is 2.36. The van der Waals surface area contributed by atoms with Crippen LogP contribution < -0.4 is 4.90 Å². The summed E-state index contributed by atoms with van der Waals surface area (Å²) in [6, 6.07) is 1.71. The molecule has 0 bridgehead atoms. The van der Waals surface area contributed by atoms with Crippen molar-refractivity contribution in [1.29, 1.82) is 0 Å². The SMILES string of the molecule is CCOC(=O)C1CCCN1c1cc(F)c(I)cc1[N+](=O)[O-]. The van der Waals surface area contributed by atoms with Crippen molar-refractivity contribution in [2.24, 2.45) is 0 Å². The van der Waals surface area contributed by atoms with Gasteiger partial charge in [-0.1, -0.05) is 0 Å². The van der Waals surface area contributed by atoms with E-state index in [4.69, 9.17) is 4.74 Å². The van der Waals surface area contributed by atoms with Crippen molar-refractivity contribution < 1.29 is 18.8 Å². The van der Waals surface area contributed by atoms with E-state index in [0.717, 1.165) is 6.07 Å². The summed E-state index contributed by atoms with van der Waals surface area (Å²) in [6.07, 6.45) is 1.25. The number of anilines is 1. The zero-order valence-corrected chi connectivity index (χ0v) is 13.5. The number of nitro benzene ring substituents is 1. The van der Waals surface area contributed by atoms with Crippen LogP contribution in [0.3, 0.4) is 0 Å². The monoisotopic (exact) mass is 408 g/mol. The van der Waals surface area contributed by atoms with Crippen molar-refractivity contribution in [1.82, 2.24) is 0 Å². The third-order valence-corrected chi connectivity index (χ3v) is 4.16. The lowest BCUT2D eigenvalue weighted by molar-refractivity contribution is -0.384. The second-order valence-corrected chi connectivity index (χ2v) is 5.78. The van der Waals surface area contributed by atoms with Crippen molar-refractivity contribution >= 4 is 39.9 Å². The number of benzene rings is 1. The topological polar surface area (TPSA) is 72.7 Å². The van der Waals surface area contributed by atoms with Gasteiger partial charge in [0.25, 0.3) is 5.69 Å². The molecule has 1 heterocycles. The largest absolute Gasteiger partial charge is 0.464 e. The van der Waals surface area contributed by atoms with E-state index in [0.29, 0.717) is 19.4 Å². The van der Waals surface area contributed by atoms with Gasteiger partial charge in [0, 0.05) is 18.7 Å². The molecule has 1 atom stereocenters. The molecule has 114 valence electrons. The van der Waals surface area contributed by atoms with Gasteiger partial charge in [0.1, 0.15) is 17.5 Å². The fourth-order valence-electron chi connectivity index (χ4n) is 2.44. The summed E-state index contributed by atoms with van der Waals surface area (Å²) in [4.78, 5) is 24.1. The highest BCUT2D eigenvalue weighted by Crippen LogP contribution is 2.36. The van der Waals surface area contributed by atoms with Crippen LogP contribution >= 0.6 is 22.6 Å². The van der Waals surface area contributed by atoms with Crippen LogP contribution in [0.1, 0.15) is 19.8 Å². The lowest BCUT2D eigenvalue weighted by Crippen LogP contribution is -2.37. The second kappa shape index (κ2) is 6.54. The Kier molecular flexibility index (Phi) is 4.96. The molecule has 21 heavy (non-hydrogen) atoms. The summed E-state index contributed by atoms with van der Waals surface area (Å²) in [5.74, 6) is -0.964. The number of hydrogen-bond acceptors (Lipinski definition) is 5. The van der Waals surface area contributed by atoms with E-state index in [2.05, 4.69) is 0 Å². The van der Waals surface area contributed by atoms with Crippen LogP contribution in [-0.2, 0) is 9.53 Å². The molecular weight excluding hydrogens is 394 g/mol. The van der Waals surface area contributed by atoms with Gasteiger partial charge in [0.2, 0.25) is 0 Å². The Morgan fingerprint density at radius 2 is 2.33 bits per heavy atom. The quantitative estimate of drug-likeness (QED) is 0.332. The Morgan fingerprint density at radius 1 is 1.62 bits per heavy atom. The van der Waals surface area contributed by atoms with Crippen molar-refractivity contribution in [3.05, 3.63) is 31.6 Å². The lowest BCUT2D eigenvalue weighted by atomic mass is 10.2. The van der Waals surface area contributed by atoms with Gasteiger partial charge >= 0.3 is 5.97 Å². The number of hydrogen-bond donors (Lipinski definition) is 0. The molecule has 0 aliphatic carbocycles. The van der Waals surface area contributed by atoms with Crippen LogP contribution in [0.25, 0.3) is 0 Å². The molecule has 1 aromatic carbocycles. The molecule has 0 radical (unpaired) electrons. The summed E-state index contributed by atoms with van der Waals surface area (Å²) in [7, 11) is 0. The van der Waals surface area contributed by atoms with E-state index in [-0.39, 0.29) is 21.6 Å². The van der Waals surface area contributed by atoms with Crippen molar-refractivity contribution in [3.8, 4) is 0 Å². The number of rotatable bonds is 4. The Labute approximate surface area is 134 Å². The average Bonchev–Trinajstić information content (AvgIpc) is 2.90. The molecule has 1 saturated heterocycles. The van der Waals surface area contributed by atoms with Crippen LogP contribution in [-0.4, -0.2) is 30.1 Å². The normalized spacial score (nSPS) is 17.9. The Balaban J connectivity index is 2.42. The molecule has 1 aromatic rings. The third kappa shape index (κ3) is 3.25. The Bertz CT molecular complexity index is 582. The van der Waals surface area contributed by atoms with E-state index < -0.39 is 22.8 Å². The van der Waals surface area contributed by atoms with Gasteiger partial charge in [0.15, 0.2) is 0 Å². The van der Waals surface area contributed by atoms with Crippen LogP contribution in [0.4, 0.5) is 15.8 Å². The fourth-order valence-corrected chi connectivity index (χ4v) is 2.89. The van der Waals surface area contributed by atoms with Crippen molar-refractivity contribution in [3.63, 3.8) is 0 Å². The number of ether oxygens (including phenoxy) is 1. The maximum atomic E-state index is 13.8. The number of carbonyl (C=O) groups is 1. The first-order chi connectivity index (χ1) is 9.95. The van der Waals surface area contributed by atoms with Crippen LogP contribution in [0, 0.1) is 19.5 Å². The molecule has 0 spiro atoms. The van der Waals surface area contributed by atoms with Gasteiger partial charge in [0.05, 0.1) is 15.1 Å². The van der Waals surface area contributed by atoms with Gasteiger partial charge in [-0.2, -0.15) is 0 Å². The van der Waals surface area contributed by atoms with E-state index >= 15 is 0 Å². The molecule has 6 nitrogen and oxygen atoms in total. The molecule has 1 unspecified atom stereocenters. The summed E-state index contributed by atoms with van der Waals surface area (Å²) in [5.41, 5.74) is -0.0644. The van der Waals surface area contributed by atoms with Crippen LogP contribution in [0.2, 0.25) is 0 Å². The molecule has 0 saturated carbocycles. The highest BCUT2D eigenvalue weighted by molar-refractivity contribution is 14.1. The zero-order chi connectivity index (χ0) is 15.6. The van der Waals surface area contributed by atoms with E-state index in [1.807, 2.05) is 0 Å². The lowest BCUT2D eigenvalue weighted by Gasteiger charge is -2.25. The average molecular weight is 408 g/mol. The number of esters is 1. The minimum absolute atomic E-state index is 0.133. The fraction of sp³-hybridized carbons (Fsp3) is 0.462. The molecule has 1 fully saturated rings. The highest BCUT2D eigenvalue weighted by atomic mass is 127. The van der Waals surface area contributed by atoms with Crippen molar-refractivity contribution in [2.45, 2.75) is 25.8 Å². The summed E-state index contributed by atoms with van der Waals surface area (Å²) in [5, 5.41) is 11.2. The maximum Gasteiger partial charge on any atom is 0.328 e. The number of nitrogens with zero attached hydrogens (tertiary/aromatic N) is 2. The van der Waals surface area contributed by atoms with Gasteiger partial charge < -0.3 is 9.64 Å². The van der Waals surface area contributed by atoms with Gasteiger partial charge in [-0.05, 0) is 42.4 Å². The summed E-state index contributed by atoms with van der Waals surface area (Å²) >= 11 is 1.71. The number of carbonyl (C=O) groups excluding carboxylic acids is 1. The predicted octanol–water partition coefficient (Wildman–Crippen LogP) is 2.87. The molecule has 0 aromatic heterocycles. The first-order valence-electron chi connectivity index (χ1n) is 6.52. The molecule has 1 aliphatic rings. The minimum atomic E-state index is -0.594. The minimum Gasteiger partial charge on any atom is -0.464 e. The molecular formula is C13H14FIN2O4. The smallest absolute Gasteiger partial charge is 0.328 e. The maximum absolute atomic E-state index is 13.8. The Hall–Kier alpha value is -1.45. The molecule has 1 aliphatic heterocycles. The predicted molar refractivity (Wildman–Crippen MR) is 82.8 cm³/mol. The molecule has 0 N–H and O–H groups in total. The van der Waals surface area contributed by atoms with Crippen molar-refractivity contribution in [2.75, 3.05) is 18.1 Å². The van der Waals surface area contributed by atoms with E-state index in [9.17, 15) is 19.3 Å². The Morgan fingerprint density at radius 3 is 2.95 bits per heavy atom. The van der Waals surface area contributed by atoms with Crippen LogP contribution in [0.15, 0.2) is 12.1 Å². The van der Waals surface area contributed by atoms with Gasteiger partial charge in [-0.3, -0.25) is 10.1 Å². The molecule has 0 amide bonds. The van der Waals surface area contributed by atoms with E-state index in [1.54, 1.807) is 34.4 Å². The molecule has 8 heteroatoms. The third-order valence-electron chi connectivity index (χ3n) is 3.34. The van der Waals surface area contributed by atoms with Gasteiger partial charge in [-0.15, -0.1) is 0 Å². The standard InChI is InChI=1S/C13H14FIN2O4/c1-2-21-13(18)10-4-3-5-16(10)11-6-8(14)9(15)7-12(11)17(19)20/h6-7,10H,2-5H2,1H3. The van der Waals surface area contributed by atoms with Crippen LogP contribution in [0.5, 0.6) is 0 Å². The second-order valence-electron chi connectivity index (χ2n) is 4.62. The summed E-state index contributed by atoms with van der Waals surface area (Å²) in [6.45, 7) is 2.40. The summed E-state index contributed by atoms with van der Waals surface area (Å²) < 4.78 is 18.9.